The summed E-state index contributed by atoms with van der Waals surface area (Å²) in [6, 6.07) is 15.1. The van der Waals surface area contributed by atoms with Gasteiger partial charge >= 0.3 is 0 Å². The van der Waals surface area contributed by atoms with Crippen LogP contribution in [-0.4, -0.2) is 15.7 Å². The second-order valence-electron chi connectivity index (χ2n) is 4.98. The van der Waals surface area contributed by atoms with Crippen molar-refractivity contribution in [1.29, 1.82) is 0 Å². The monoisotopic (exact) mass is 373 g/mol. The third-order valence-corrected chi connectivity index (χ3v) is 4.07. The molecule has 3 rings (SSSR count). The number of rotatable bonds is 3. The number of anilines is 1. The highest BCUT2D eigenvalue weighted by molar-refractivity contribution is 9.10. The van der Waals surface area contributed by atoms with E-state index in [4.69, 9.17) is 0 Å². The highest BCUT2D eigenvalue weighted by Crippen LogP contribution is 2.23. The fourth-order valence-corrected chi connectivity index (χ4v) is 2.60. The summed E-state index contributed by atoms with van der Waals surface area (Å²) in [5.41, 5.74) is 2.50. The number of hydrogen-bond donors (Lipinski definition) is 1. The number of nitrogens with zero attached hydrogens (tertiary/aromatic N) is 2. The standard InChI is InChI=1S/C17H13BrFN3O/c1-22-16(11-6-8-12(19)9-7-11)10-15(21-22)17(23)20-14-5-3-2-4-13(14)18/h2-10H,1H3,(H,20,23). The van der Waals surface area contributed by atoms with Crippen molar-refractivity contribution in [1.82, 2.24) is 9.78 Å². The average molecular weight is 374 g/mol. The van der Waals surface area contributed by atoms with Crippen LogP contribution in [0.2, 0.25) is 0 Å². The van der Waals surface area contributed by atoms with Gasteiger partial charge in [0.2, 0.25) is 0 Å². The van der Waals surface area contributed by atoms with Gasteiger partial charge < -0.3 is 5.32 Å². The molecule has 1 aromatic heterocycles. The van der Waals surface area contributed by atoms with Gasteiger partial charge in [-0.1, -0.05) is 12.1 Å². The third-order valence-electron chi connectivity index (χ3n) is 3.37. The summed E-state index contributed by atoms with van der Waals surface area (Å²) in [5, 5.41) is 7.04. The predicted molar refractivity (Wildman–Crippen MR) is 90.7 cm³/mol. The molecule has 0 saturated heterocycles. The highest BCUT2D eigenvalue weighted by Gasteiger charge is 2.15. The molecule has 0 unspecified atom stereocenters. The molecule has 0 saturated carbocycles. The number of carbonyl (C=O) groups excluding carboxylic acids is 1. The molecular formula is C17H13BrFN3O. The van der Waals surface area contributed by atoms with E-state index in [-0.39, 0.29) is 11.7 Å². The van der Waals surface area contributed by atoms with Crippen molar-refractivity contribution < 1.29 is 9.18 Å². The van der Waals surface area contributed by atoms with Crippen LogP contribution in [0, 0.1) is 5.82 Å². The first kappa shape index (κ1) is 15.4. The number of amides is 1. The maximum absolute atomic E-state index is 13.0. The SMILES string of the molecule is Cn1nc(C(=O)Nc2ccccc2Br)cc1-c1ccc(F)cc1. The van der Waals surface area contributed by atoms with E-state index in [2.05, 4.69) is 26.3 Å². The van der Waals surface area contributed by atoms with Crippen molar-refractivity contribution in [3.8, 4) is 11.3 Å². The van der Waals surface area contributed by atoms with E-state index < -0.39 is 0 Å². The van der Waals surface area contributed by atoms with Crippen LogP contribution in [0.15, 0.2) is 59.1 Å². The minimum atomic E-state index is -0.305. The molecule has 4 nitrogen and oxygen atoms in total. The molecule has 0 aliphatic heterocycles. The second kappa shape index (κ2) is 6.34. The van der Waals surface area contributed by atoms with Gasteiger partial charge in [-0.3, -0.25) is 9.48 Å². The number of carbonyl (C=O) groups is 1. The van der Waals surface area contributed by atoms with Crippen molar-refractivity contribution in [2.45, 2.75) is 0 Å². The lowest BCUT2D eigenvalue weighted by Crippen LogP contribution is -2.13. The molecule has 2 aromatic carbocycles. The average Bonchev–Trinajstić information content (AvgIpc) is 2.92. The molecule has 0 fully saturated rings. The molecular weight excluding hydrogens is 361 g/mol. The summed E-state index contributed by atoms with van der Waals surface area (Å²) in [6.45, 7) is 0. The maximum atomic E-state index is 13.0. The Hall–Kier alpha value is -2.47. The normalized spacial score (nSPS) is 10.6. The van der Waals surface area contributed by atoms with Gasteiger partial charge in [0.05, 0.1) is 11.4 Å². The molecule has 116 valence electrons. The first-order chi connectivity index (χ1) is 11.0. The predicted octanol–water partition coefficient (Wildman–Crippen LogP) is 4.24. The van der Waals surface area contributed by atoms with Gasteiger partial charge in [0.25, 0.3) is 5.91 Å². The van der Waals surface area contributed by atoms with Crippen LogP contribution >= 0.6 is 15.9 Å². The van der Waals surface area contributed by atoms with Gasteiger partial charge in [-0.05, 0) is 64.0 Å². The Morgan fingerprint density at radius 1 is 1.17 bits per heavy atom. The Morgan fingerprint density at radius 3 is 2.57 bits per heavy atom. The van der Waals surface area contributed by atoms with Crippen molar-refractivity contribution in [3.05, 3.63) is 70.6 Å². The van der Waals surface area contributed by atoms with E-state index in [1.807, 2.05) is 18.2 Å². The molecule has 1 heterocycles. The Morgan fingerprint density at radius 2 is 1.87 bits per heavy atom. The minimum Gasteiger partial charge on any atom is -0.320 e. The number of benzene rings is 2. The fraction of sp³-hybridized carbons (Fsp3) is 0.0588. The Kier molecular flexibility index (Phi) is 4.25. The zero-order chi connectivity index (χ0) is 16.4. The van der Waals surface area contributed by atoms with Crippen molar-refractivity contribution in [2.24, 2.45) is 7.05 Å². The van der Waals surface area contributed by atoms with Gasteiger partial charge in [0, 0.05) is 11.5 Å². The van der Waals surface area contributed by atoms with Crippen LogP contribution in [0.1, 0.15) is 10.5 Å². The number of halogens is 2. The van der Waals surface area contributed by atoms with Gasteiger partial charge in [-0.2, -0.15) is 5.10 Å². The first-order valence-corrected chi connectivity index (χ1v) is 7.70. The molecule has 0 radical (unpaired) electrons. The summed E-state index contributed by atoms with van der Waals surface area (Å²) in [4.78, 5) is 12.3. The van der Waals surface area contributed by atoms with Gasteiger partial charge in [-0.25, -0.2) is 4.39 Å². The van der Waals surface area contributed by atoms with Gasteiger partial charge in [0.15, 0.2) is 5.69 Å². The van der Waals surface area contributed by atoms with Crippen LogP contribution in [0.3, 0.4) is 0 Å². The number of aryl methyl sites for hydroxylation is 1. The minimum absolute atomic E-state index is 0.294. The zero-order valence-electron chi connectivity index (χ0n) is 12.3. The van der Waals surface area contributed by atoms with E-state index >= 15 is 0 Å². The Labute approximate surface area is 141 Å². The summed E-state index contributed by atoms with van der Waals surface area (Å²) >= 11 is 3.38. The van der Waals surface area contributed by atoms with E-state index in [1.165, 1.54) is 12.1 Å². The fourth-order valence-electron chi connectivity index (χ4n) is 2.22. The summed E-state index contributed by atoms with van der Waals surface area (Å²) in [6.07, 6.45) is 0. The summed E-state index contributed by atoms with van der Waals surface area (Å²) in [7, 11) is 1.74. The Bertz CT molecular complexity index is 859. The van der Waals surface area contributed by atoms with Crippen molar-refractivity contribution >= 4 is 27.5 Å². The Balaban J connectivity index is 1.87. The topological polar surface area (TPSA) is 46.9 Å². The molecule has 1 amide bonds. The van der Waals surface area contributed by atoms with E-state index in [0.29, 0.717) is 11.4 Å². The third kappa shape index (κ3) is 3.32. The van der Waals surface area contributed by atoms with E-state index in [0.717, 1.165) is 15.7 Å². The summed E-state index contributed by atoms with van der Waals surface area (Å²) < 4.78 is 15.4. The van der Waals surface area contributed by atoms with Gasteiger partial charge in [0.1, 0.15) is 5.82 Å². The molecule has 6 heteroatoms. The van der Waals surface area contributed by atoms with Crippen LogP contribution in [0.5, 0.6) is 0 Å². The smallest absolute Gasteiger partial charge is 0.276 e. The molecule has 0 aliphatic carbocycles. The number of hydrogen-bond acceptors (Lipinski definition) is 2. The molecule has 0 spiro atoms. The van der Waals surface area contributed by atoms with E-state index in [1.54, 1.807) is 36.0 Å². The second-order valence-corrected chi connectivity index (χ2v) is 5.83. The molecule has 23 heavy (non-hydrogen) atoms. The number of para-hydroxylation sites is 1. The van der Waals surface area contributed by atoms with Crippen LogP contribution < -0.4 is 5.32 Å². The maximum Gasteiger partial charge on any atom is 0.276 e. The lowest BCUT2D eigenvalue weighted by Gasteiger charge is -2.04. The zero-order valence-corrected chi connectivity index (χ0v) is 13.8. The van der Waals surface area contributed by atoms with Crippen LogP contribution in [0.25, 0.3) is 11.3 Å². The first-order valence-electron chi connectivity index (χ1n) is 6.90. The quantitative estimate of drug-likeness (QED) is 0.746. The molecule has 1 N–H and O–H groups in total. The lowest BCUT2D eigenvalue weighted by molar-refractivity contribution is 0.102. The number of nitrogens with one attached hydrogen (secondary N) is 1. The largest absolute Gasteiger partial charge is 0.320 e. The highest BCUT2D eigenvalue weighted by atomic mass is 79.9. The van der Waals surface area contributed by atoms with Gasteiger partial charge in [-0.15, -0.1) is 0 Å². The molecule has 0 atom stereocenters. The molecule has 0 aliphatic rings. The summed E-state index contributed by atoms with van der Waals surface area (Å²) in [5.74, 6) is -0.608. The van der Waals surface area contributed by atoms with Crippen molar-refractivity contribution in [2.75, 3.05) is 5.32 Å². The van der Waals surface area contributed by atoms with Crippen molar-refractivity contribution in [3.63, 3.8) is 0 Å². The molecule has 3 aromatic rings. The molecule has 0 bridgehead atoms. The van der Waals surface area contributed by atoms with Crippen LogP contribution in [-0.2, 0) is 7.05 Å². The van der Waals surface area contributed by atoms with E-state index in [9.17, 15) is 9.18 Å². The van der Waals surface area contributed by atoms with Crippen LogP contribution in [0.4, 0.5) is 10.1 Å². The lowest BCUT2D eigenvalue weighted by atomic mass is 10.1. The number of aromatic nitrogens is 2.